The zero-order chi connectivity index (χ0) is 19.3. The maximum Gasteiger partial charge on any atom is 0.0972 e. The van der Waals surface area contributed by atoms with Gasteiger partial charge in [-0.15, -0.1) is 0 Å². The van der Waals surface area contributed by atoms with Gasteiger partial charge in [-0.3, -0.25) is 0 Å². The SMILES string of the molecule is C[C@@H](NCc1cn(-c2ccccc2)nc1-c1ccc(Cl)cc1)c1ccccc1. The molecule has 140 valence electrons. The molecule has 1 heterocycles. The van der Waals surface area contributed by atoms with E-state index in [-0.39, 0.29) is 6.04 Å². The van der Waals surface area contributed by atoms with E-state index in [4.69, 9.17) is 16.7 Å². The maximum atomic E-state index is 6.07. The van der Waals surface area contributed by atoms with E-state index in [1.54, 1.807) is 0 Å². The van der Waals surface area contributed by atoms with E-state index in [0.717, 1.165) is 34.1 Å². The lowest BCUT2D eigenvalue weighted by atomic mass is 10.1. The monoisotopic (exact) mass is 387 g/mol. The van der Waals surface area contributed by atoms with E-state index in [9.17, 15) is 0 Å². The van der Waals surface area contributed by atoms with Gasteiger partial charge in [0.2, 0.25) is 0 Å². The van der Waals surface area contributed by atoms with Crippen LogP contribution in [0.1, 0.15) is 24.1 Å². The number of nitrogens with one attached hydrogen (secondary N) is 1. The topological polar surface area (TPSA) is 29.9 Å². The third kappa shape index (κ3) is 4.16. The first kappa shape index (κ1) is 18.5. The number of halogens is 1. The number of benzene rings is 3. The summed E-state index contributed by atoms with van der Waals surface area (Å²) in [6, 6.07) is 28.7. The summed E-state index contributed by atoms with van der Waals surface area (Å²) in [6.45, 7) is 2.90. The first-order valence-electron chi connectivity index (χ1n) is 9.39. The van der Waals surface area contributed by atoms with Crippen molar-refractivity contribution in [2.24, 2.45) is 0 Å². The highest BCUT2D eigenvalue weighted by atomic mass is 35.5. The van der Waals surface area contributed by atoms with Crippen LogP contribution in [0.3, 0.4) is 0 Å². The number of nitrogens with zero attached hydrogens (tertiary/aromatic N) is 2. The first-order valence-corrected chi connectivity index (χ1v) is 9.77. The van der Waals surface area contributed by atoms with Crippen molar-refractivity contribution < 1.29 is 0 Å². The molecule has 0 radical (unpaired) electrons. The van der Waals surface area contributed by atoms with E-state index in [1.165, 1.54) is 5.56 Å². The van der Waals surface area contributed by atoms with Crippen LogP contribution in [0.15, 0.2) is 91.1 Å². The third-order valence-corrected chi connectivity index (χ3v) is 5.08. The minimum Gasteiger partial charge on any atom is -0.306 e. The van der Waals surface area contributed by atoms with Crippen LogP contribution in [0.5, 0.6) is 0 Å². The van der Waals surface area contributed by atoms with Crippen LogP contribution in [0.4, 0.5) is 0 Å². The van der Waals surface area contributed by atoms with Gasteiger partial charge < -0.3 is 5.32 Å². The van der Waals surface area contributed by atoms with E-state index in [0.29, 0.717) is 0 Å². The molecular formula is C24H22ClN3. The number of rotatable bonds is 6. The van der Waals surface area contributed by atoms with Crippen molar-refractivity contribution in [3.8, 4) is 16.9 Å². The summed E-state index contributed by atoms with van der Waals surface area (Å²) in [4.78, 5) is 0. The Morgan fingerprint density at radius 2 is 1.54 bits per heavy atom. The zero-order valence-electron chi connectivity index (χ0n) is 15.7. The van der Waals surface area contributed by atoms with Gasteiger partial charge >= 0.3 is 0 Å². The molecule has 28 heavy (non-hydrogen) atoms. The summed E-state index contributed by atoms with van der Waals surface area (Å²) < 4.78 is 1.94. The van der Waals surface area contributed by atoms with Crippen LogP contribution < -0.4 is 5.32 Å². The summed E-state index contributed by atoms with van der Waals surface area (Å²) in [6.07, 6.45) is 2.10. The van der Waals surface area contributed by atoms with Crippen molar-refractivity contribution in [3.05, 3.63) is 107 Å². The smallest absolute Gasteiger partial charge is 0.0972 e. The molecule has 1 aromatic heterocycles. The first-order chi connectivity index (χ1) is 13.7. The molecule has 4 heteroatoms. The predicted molar refractivity (Wildman–Crippen MR) is 116 cm³/mol. The molecule has 4 aromatic rings. The van der Waals surface area contributed by atoms with Gasteiger partial charge in [0, 0.05) is 34.9 Å². The van der Waals surface area contributed by atoms with E-state index in [1.807, 2.05) is 53.2 Å². The van der Waals surface area contributed by atoms with Crippen LogP contribution in [0, 0.1) is 0 Å². The molecule has 0 amide bonds. The van der Waals surface area contributed by atoms with Gasteiger partial charge in [-0.1, -0.05) is 72.3 Å². The van der Waals surface area contributed by atoms with Gasteiger partial charge in [0.25, 0.3) is 0 Å². The van der Waals surface area contributed by atoms with E-state index in [2.05, 4.69) is 54.8 Å². The Labute approximate surface area is 170 Å². The van der Waals surface area contributed by atoms with Crippen molar-refractivity contribution in [2.45, 2.75) is 19.5 Å². The Hall–Kier alpha value is -2.88. The highest BCUT2D eigenvalue weighted by Crippen LogP contribution is 2.26. The summed E-state index contributed by atoms with van der Waals surface area (Å²) in [5.74, 6) is 0. The second-order valence-corrected chi connectivity index (χ2v) is 7.24. The molecule has 1 N–H and O–H groups in total. The Morgan fingerprint density at radius 1 is 0.893 bits per heavy atom. The molecule has 0 saturated carbocycles. The number of para-hydroxylation sites is 1. The second kappa shape index (κ2) is 8.42. The molecule has 0 fully saturated rings. The molecule has 0 bridgehead atoms. The Kier molecular flexibility index (Phi) is 5.56. The Balaban J connectivity index is 1.64. The molecule has 0 aliphatic heterocycles. The van der Waals surface area contributed by atoms with Gasteiger partial charge in [-0.25, -0.2) is 4.68 Å². The molecule has 0 aliphatic rings. The normalized spacial score (nSPS) is 12.1. The van der Waals surface area contributed by atoms with Crippen molar-refractivity contribution in [3.63, 3.8) is 0 Å². The Bertz CT molecular complexity index is 1020. The standard InChI is InChI=1S/C24H22ClN3/c1-18(19-8-4-2-5-9-19)26-16-21-17-28(23-10-6-3-7-11-23)27-24(21)20-12-14-22(25)15-13-20/h2-15,17-18,26H,16H2,1H3/t18-/m1/s1. The van der Waals surface area contributed by atoms with Gasteiger partial charge in [0.1, 0.15) is 0 Å². The molecular weight excluding hydrogens is 366 g/mol. The van der Waals surface area contributed by atoms with Crippen molar-refractivity contribution >= 4 is 11.6 Å². The minimum atomic E-state index is 0.249. The van der Waals surface area contributed by atoms with Crippen LogP contribution in [-0.4, -0.2) is 9.78 Å². The lowest BCUT2D eigenvalue weighted by Crippen LogP contribution is -2.18. The number of hydrogen-bond acceptors (Lipinski definition) is 2. The molecule has 4 rings (SSSR count). The van der Waals surface area contributed by atoms with Crippen molar-refractivity contribution in [1.29, 1.82) is 0 Å². The highest BCUT2D eigenvalue weighted by Gasteiger charge is 2.14. The number of aromatic nitrogens is 2. The van der Waals surface area contributed by atoms with E-state index < -0.39 is 0 Å². The van der Waals surface area contributed by atoms with Crippen molar-refractivity contribution in [2.75, 3.05) is 0 Å². The minimum absolute atomic E-state index is 0.249. The summed E-state index contributed by atoms with van der Waals surface area (Å²) in [7, 11) is 0. The van der Waals surface area contributed by atoms with Crippen LogP contribution >= 0.6 is 11.6 Å². The zero-order valence-corrected chi connectivity index (χ0v) is 16.5. The maximum absolute atomic E-state index is 6.07. The summed E-state index contributed by atoms with van der Waals surface area (Å²) in [5.41, 5.74) is 5.48. The molecule has 1 atom stereocenters. The Morgan fingerprint density at radius 3 is 2.21 bits per heavy atom. The van der Waals surface area contributed by atoms with Crippen LogP contribution in [0.25, 0.3) is 16.9 Å². The third-order valence-electron chi connectivity index (χ3n) is 4.83. The lowest BCUT2D eigenvalue weighted by molar-refractivity contribution is 0.575. The second-order valence-electron chi connectivity index (χ2n) is 6.80. The van der Waals surface area contributed by atoms with E-state index >= 15 is 0 Å². The number of hydrogen-bond donors (Lipinski definition) is 1. The average Bonchev–Trinajstić information content (AvgIpc) is 3.18. The highest BCUT2D eigenvalue weighted by molar-refractivity contribution is 6.30. The van der Waals surface area contributed by atoms with Gasteiger partial charge in [0.05, 0.1) is 11.4 Å². The fraction of sp³-hybridized carbons (Fsp3) is 0.125. The summed E-state index contributed by atoms with van der Waals surface area (Å²) in [5, 5.41) is 9.21. The molecule has 3 nitrogen and oxygen atoms in total. The molecule has 0 saturated heterocycles. The van der Waals surface area contributed by atoms with Gasteiger partial charge in [-0.05, 0) is 36.8 Å². The molecule has 0 aliphatic carbocycles. The average molecular weight is 388 g/mol. The van der Waals surface area contributed by atoms with Crippen molar-refractivity contribution in [1.82, 2.24) is 15.1 Å². The summed E-state index contributed by atoms with van der Waals surface area (Å²) >= 11 is 6.07. The fourth-order valence-electron chi connectivity index (χ4n) is 3.23. The predicted octanol–water partition coefficient (Wildman–Crippen LogP) is 6.04. The molecule has 0 spiro atoms. The van der Waals surface area contributed by atoms with Gasteiger partial charge in [-0.2, -0.15) is 5.10 Å². The largest absolute Gasteiger partial charge is 0.306 e. The van der Waals surface area contributed by atoms with Gasteiger partial charge in [0.15, 0.2) is 0 Å². The molecule has 3 aromatic carbocycles. The van der Waals surface area contributed by atoms with Crippen LogP contribution in [-0.2, 0) is 6.54 Å². The van der Waals surface area contributed by atoms with Crippen LogP contribution in [0.2, 0.25) is 5.02 Å². The lowest BCUT2D eigenvalue weighted by Gasteiger charge is -2.14. The fourth-order valence-corrected chi connectivity index (χ4v) is 3.35. The molecule has 0 unspecified atom stereocenters. The quantitative estimate of drug-likeness (QED) is 0.437.